The minimum Gasteiger partial charge on any atom is -0.313 e. The number of nitrogens with one attached hydrogen (secondary N) is 1. The van der Waals surface area contributed by atoms with Crippen molar-refractivity contribution in [2.45, 2.75) is 52.1 Å². The maximum Gasteiger partial charge on any atom is 0.0195 e. The van der Waals surface area contributed by atoms with Gasteiger partial charge in [-0.2, -0.15) is 11.8 Å². The van der Waals surface area contributed by atoms with Crippen molar-refractivity contribution in [1.29, 1.82) is 0 Å². The fourth-order valence-electron chi connectivity index (χ4n) is 2.44. The summed E-state index contributed by atoms with van der Waals surface area (Å²) in [5.41, 5.74) is 0. The fraction of sp³-hybridized carbons (Fsp3) is 1.00. The van der Waals surface area contributed by atoms with Crippen LogP contribution in [0.3, 0.4) is 0 Å². The van der Waals surface area contributed by atoms with Gasteiger partial charge in [0.1, 0.15) is 0 Å². The quantitative estimate of drug-likeness (QED) is 0.693. The number of nitrogens with zero attached hydrogens (tertiary/aromatic N) is 1. The van der Waals surface area contributed by atoms with E-state index in [2.05, 4.69) is 42.7 Å². The minimum atomic E-state index is 0.736. The number of likely N-dealkylation sites (tertiary alicyclic amines) is 1. The van der Waals surface area contributed by atoms with Crippen molar-refractivity contribution in [1.82, 2.24) is 10.2 Å². The van der Waals surface area contributed by atoms with Crippen LogP contribution in [0.2, 0.25) is 0 Å². The van der Waals surface area contributed by atoms with Gasteiger partial charge in [-0.25, -0.2) is 0 Å². The summed E-state index contributed by atoms with van der Waals surface area (Å²) in [7, 11) is 0. The summed E-state index contributed by atoms with van der Waals surface area (Å²) >= 11 is 2.07. The van der Waals surface area contributed by atoms with Gasteiger partial charge < -0.3 is 5.32 Å². The molecule has 1 rings (SSSR count). The van der Waals surface area contributed by atoms with E-state index in [-0.39, 0.29) is 0 Å². The smallest absolute Gasteiger partial charge is 0.0195 e. The third kappa shape index (κ3) is 5.07. The molecule has 2 nitrogen and oxygen atoms in total. The lowest BCUT2D eigenvalue weighted by atomic mass is 10.0. The van der Waals surface area contributed by atoms with E-state index in [1.165, 1.54) is 43.9 Å². The molecule has 1 aliphatic heterocycles. The molecule has 0 radical (unpaired) electrons. The van der Waals surface area contributed by atoms with Gasteiger partial charge in [-0.1, -0.05) is 13.8 Å². The Morgan fingerprint density at radius 1 is 1.44 bits per heavy atom. The van der Waals surface area contributed by atoms with E-state index in [4.69, 9.17) is 0 Å². The Morgan fingerprint density at radius 3 is 2.94 bits per heavy atom. The topological polar surface area (TPSA) is 15.3 Å². The molecule has 2 unspecified atom stereocenters. The standard InChI is InChI=1S/C13H28N2S/c1-4-14-13-7-6-9-15(11-13)12(3)8-10-16-5-2/h12-14H,4-11H2,1-3H3. The van der Waals surface area contributed by atoms with Crippen LogP contribution in [0.25, 0.3) is 0 Å². The van der Waals surface area contributed by atoms with Crippen LogP contribution in [0, 0.1) is 0 Å². The molecule has 0 bridgehead atoms. The van der Waals surface area contributed by atoms with E-state index in [0.717, 1.165) is 18.6 Å². The van der Waals surface area contributed by atoms with Gasteiger partial charge in [0.2, 0.25) is 0 Å². The Labute approximate surface area is 106 Å². The summed E-state index contributed by atoms with van der Waals surface area (Å²) in [5.74, 6) is 2.58. The molecule has 16 heavy (non-hydrogen) atoms. The maximum absolute atomic E-state index is 3.59. The van der Waals surface area contributed by atoms with Crippen LogP contribution in [0.4, 0.5) is 0 Å². The molecule has 0 aliphatic carbocycles. The van der Waals surface area contributed by atoms with E-state index in [0.29, 0.717) is 0 Å². The second-order valence-electron chi connectivity index (χ2n) is 4.73. The molecular weight excluding hydrogens is 216 g/mol. The average Bonchev–Trinajstić information content (AvgIpc) is 2.30. The molecule has 2 atom stereocenters. The lowest BCUT2D eigenvalue weighted by Crippen LogP contribution is -2.48. The zero-order valence-electron chi connectivity index (χ0n) is 11.2. The SMILES string of the molecule is CCNC1CCCN(C(C)CCSCC)C1. The summed E-state index contributed by atoms with van der Waals surface area (Å²) in [6, 6.07) is 1.50. The average molecular weight is 244 g/mol. The molecule has 1 saturated heterocycles. The lowest BCUT2D eigenvalue weighted by molar-refractivity contribution is 0.144. The van der Waals surface area contributed by atoms with Crippen molar-refractivity contribution < 1.29 is 0 Å². The Morgan fingerprint density at radius 2 is 2.25 bits per heavy atom. The van der Waals surface area contributed by atoms with Gasteiger partial charge >= 0.3 is 0 Å². The summed E-state index contributed by atoms with van der Waals surface area (Å²) < 4.78 is 0. The van der Waals surface area contributed by atoms with E-state index in [1.807, 2.05) is 0 Å². The van der Waals surface area contributed by atoms with Crippen molar-refractivity contribution in [3.63, 3.8) is 0 Å². The summed E-state index contributed by atoms with van der Waals surface area (Å²) in [6.45, 7) is 10.5. The second-order valence-corrected chi connectivity index (χ2v) is 6.12. The van der Waals surface area contributed by atoms with E-state index >= 15 is 0 Å². The molecule has 3 heteroatoms. The third-order valence-corrected chi connectivity index (χ3v) is 4.39. The van der Waals surface area contributed by atoms with E-state index in [1.54, 1.807) is 0 Å². The number of hydrogen-bond donors (Lipinski definition) is 1. The van der Waals surface area contributed by atoms with Crippen molar-refractivity contribution >= 4 is 11.8 Å². The molecule has 0 amide bonds. The second kappa shape index (κ2) is 8.37. The first kappa shape index (κ1) is 14.3. The Balaban J connectivity index is 2.23. The van der Waals surface area contributed by atoms with Crippen LogP contribution in [0.1, 0.15) is 40.0 Å². The van der Waals surface area contributed by atoms with Crippen molar-refractivity contribution in [2.75, 3.05) is 31.1 Å². The van der Waals surface area contributed by atoms with Crippen molar-refractivity contribution in [2.24, 2.45) is 0 Å². The number of likely N-dealkylation sites (N-methyl/N-ethyl adjacent to an activating group) is 1. The lowest BCUT2D eigenvalue weighted by Gasteiger charge is -2.37. The van der Waals surface area contributed by atoms with Gasteiger partial charge in [0.05, 0.1) is 0 Å². The first-order valence-electron chi connectivity index (χ1n) is 6.83. The zero-order valence-corrected chi connectivity index (χ0v) is 12.0. The number of hydrogen-bond acceptors (Lipinski definition) is 3. The Kier molecular flexibility index (Phi) is 7.50. The van der Waals surface area contributed by atoms with Crippen molar-refractivity contribution in [3.8, 4) is 0 Å². The van der Waals surface area contributed by atoms with Gasteiger partial charge in [-0.15, -0.1) is 0 Å². The largest absolute Gasteiger partial charge is 0.313 e. The van der Waals surface area contributed by atoms with Gasteiger partial charge in [0, 0.05) is 18.6 Å². The van der Waals surface area contributed by atoms with Gasteiger partial charge in [-0.05, 0) is 50.8 Å². The van der Waals surface area contributed by atoms with Crippen LogP contribution in [0.5, 0.6) is 0 Å². The first-order chi connectivity index (χ1) is 7.77. The van der Waals surface area contributed by atoms with Crippen molar-refractivity contribution in [3.05, 3.63) is 0 Å². The molecule has 1 aliphatic rings. The molecule has 0 aromatic carbocycles. The van der Waals surface area contributed by atoms with Gasteiger partial charge in [-0.3, -0.25) is 4.90 Å². The Bertz CT molecular complexity index is 173. The highest BCUT2D eigenvalue weighted by Gasteiger charge is 2.22. The number of thioether (sulfide) groups is 1. The van der Waals surface area contributed by atoms with Crippen LogP contribution in [-0.4, -0.2) is 48.1 Å². The molecule has 1 N–H and O–H groups in total. The Hall–Kier alpha value is 0.270. The first-order valence-corrected chi connectivity index (χ1v) is 7.98. The molecular formula is C13H28N2S. The normalized spacial score (nSPS) is 24.6. The highest BCUT2D eigenvalue weighted by Crippen LogP contribution is 2.16. The minimum absolute atomic E-state index is 0.736. The van der Waals surface area contributed by atoms with Crippen LogP contribution in [0.15, 0.2) is 0 Å². The molecule has 1 heterocycles. The summed E-state index contributed by atoms with van der Waals surface area (Å²) in [5, 5.41) is 3.59. The predicted octanol–water partition coefficient (Wildman–Crippen LogP) is 2.59. The predicted molar refractivity (Wildman–Crippen MR) is 75.3 cm³/mol. The molecule has 96 valence electrons. The zero-order chi connectivity index (χ0) is 11.8. The molecule has 0 saturated carbocycles. The monoisotopic (exact) mass is 244 g/mol. The van der Waals surface area contributed by atoms with E-state index < -0.39 is 0 Å². The van der Waals surface area contributed by atoms with Crippen LogP contribution < -0.4 is 5.32 Å². The third-order valence-electron chi connectivity index (χ3n) is 3.45. The van der Waals surface area contributed by atoms with Crippen LogP contribution >= 0.6 is 11.8 Å². The molecule has 0 aromatic rings. The molecule has 0 spiro atoms. The maximum atomic E-state index is 3.59. The van der Waals surface area contributed by atoms with Gasteiger partial charge in [0.15, 0.2) is 0 Å². The molecule has 0 aromatic heterocycles. The number of rotatable bonds is 7. The highest BCUT2D eigenvalue weighted by molar-refractivity contribution is 7.99. The highest BCUT2D eigenvalue weighted by atomic mass is 32.2. The molecule has 1 fully saturated rings. The fourth-order valence-corrected chi connectivity index (χ4v) is 3.24. The summed E-state index contributed by atoms with van der Waals surface area (Å²) in [6.07, 6.45) is 4.07. The van der Waals surface area contributed by atoms with Crippen LogP contribution in [-0.2, 0) is 0 Å². The summed E-state index contributed by atoms with van der Waals surface area (Å²) in [4.78, 5) is 2.67. The number of piperidine rings is 1. The van der Waals surface area contributed by atoms with E-state index in [9.17, 15) is 0 Å². The van der Waals surface area contributed by atoms with Gasteiger partial charge in [0.25, 0.3) is 0 Å².